The van der Waals surface area contributed by atoms with E-state index in [4.69, 9.17) is 4.42 Å². The van der Waals surface area contributed by atoms with Gasteiger partial charge in [-0.1, -0.05) is 0 Å². The topological polar surface area (TPSA) is 55.1 Å². The molecule has 2 rings (SSSR count). The van der Waals surface area contributed by atoms with E-state index in [2.05, 4.69) is 10.3 Å². The molecular formula is C12H14N2O2S. The van der Waals surface area contributed by atoms with E-state index in [1.807, 2.05) is 20.8 Å². The van der Waals surface area contributed by atoms with Crippen LogP contribution in [0.4, 0.5) is 0 Å². The molecule has 1 unspecified atom stereocenters. The Morgan fingerprint density at radius 1 is 1.53 bits per heavy atom. The van der Waals surface area contributed by atoms with Crippen LogP contribution in [0.1, 0.15) is 39.1 Å². The van der Waals surface area contributed by atoms with E-state index in [0.717, 1.165) is 15.6 Å². The molecular weight excluding hydrogens is 236 g/mol. The van der Waals surface area contributed by atoms with Crippen molar-refractivity contribution < 1.29 is 9.21 Å². The van der Waals surface area contributed by atoms with E-state index < -0.39 is 0 Å². The lowest BCUT2D eigenvalue weighted by atomic mass is 10.2. The highest BCUT2D eigenvalue weighted by molar-refractivity contribution is 7.11. The molecule has 0 fully saturated rings. The number of rotatable bonds is 3. The molecule has 1 atom stereocenters. The van der Waals surface area contributed by atoms with Gasteiger partial charge in [-0.15, -0.1) is 11.3 Å². The van der Waals surface area contributed by atoms with Crippen molar-refractivity contribution in [1.82, 2.24) is 10.3 Å². The molecule has 0 bridgehead atoms. The zero-order valence-electron chi connectivity index (χ0n) is 9.98. The van der Waals surface area contributed by atoms with Crippen LogP contribution in [-0.2, 0) is 0 Å². The predicted octanol–water partition coefficient (Wildman–Crippen LogP) is 2.84. The SMILES string of the molecule is Cc1nc(C)c(C(C)NC(=O)c2ccco2)s1. The maximum Gasteiger partial charge on any atom is 0.287 e. The second-order valence-corrected chi connectivity index (χ2v) is 5.09. The number of nitrogens with zero attached hydrogens (tertiary/aromatic N) is 1. The summed E-state index contributed by atoms with van der Waals surface area (Å²) < 4.78 is 5.04. The number of carbonyl (C=O) groups excluding carboxylic acids is 1. The van der Waals surface area contributed by atoms with Crippen LogP contribution in [0.15, 0.2) is 22.8 Å². The summed E-state index contributed by atoms with van der Waals surface area (Å²) >= 11 is 1.61. The highest BCUT2D eigenvalue weighted by atomic mass is 32.1. The van der Waals surface area contributed by atoms with Gasteiger partial charge >= 0.3 is 0 Å². The van der Waals surface area contributed by atoms with Gasteiger partial charge in [-0.25, -0.2) is 4.98 Å². The number of nitrogens with one attached hydrogen (secondary N) is 1. The molecule has 0 aliphatic rings. The summed E-state index contributed by atoms with van der Waals surface area (Å²) in [5, 5.41) is 3.90. The van der Waals surface area contributed by atoms with Crippen LogP contribution < -0.4 is 5.32 Å². The molecule has 0 aliphatic carbocycles. The lowest BCUT2D eigenvalue weighted by molar-refractivity contribution is 0.0912. The van der Waals surface area contributed by atoms with Crippen LogP contribution in [0, 0.1) is 13.8 Å². The highest BCUT2D eigenvalue weighted by Gasteiger charge is 2.17. The molecule has 17 heavy (non-hydrogen) atoms. The van der Waals surface area contributed by atoms with Crippen molar-refractivity contribution in [1.29, 1.82) is 0 Å². The molecule has 0 spiro atoms. The van der Waals surface area contributed by atoms with Gasteiger partial charge in [-0.3, -0.25) is 4.79 Å². The molecule has 1 amide bonds. The summed E-state index contributed by atoms with van der Waals surface area (Å²) in [6.45, 7) is 5.86. The van der Waals surface area contributed by atoms with Crippen LogP contribution in [0.3, 0.4) is 0 Å². The minimum atomic E-state index is -0.201. The molecule has 0 aromatic carbocycles. The maximum absolute atomic E-state index is 11.8. The molecule has 0 saturated heterocycles. The molecule has 0 saturated carbocycles. The van der Waals surface area contributed by atoms with Gasteiger partial charge in [-0.05, 0) is 32.9 Å². The summed E-state index contributed by atoms with van der Waals surface area (Å²) in [6.07, 6.45) is 1.49. The van der Waals surface area contributed by atoms with E-state index in [1.54, 1.807) is 23.5 Å². The molecule has 0 radical (unpaired) electrons. The molecule has 4 nitrogen and oxygen atoms in total. The Kier molecular flexibility index (Phi) is 3.28. The van der Waals surface area contributed by atoms with Gasteiger partial charge in [0.05, 0.1) is 23.0 Å². The maximum atomic E-state index is 11.8. The number of carbonyl (C=O) groups is 1. The summed E-state index contributed by atoms with van der Waals surface area (Å²) in [5.41, 5.74) is 0.972. The second kappa shape index (κ2) is 4.71. The fourth-order valence-electron chi connectivity index (χ4n) is 1.69. The van der Waals surface area contributed by atoms with Crippen LogP contribution in [-0.4, -0.2) is 10.9 Å². The Morgan fingerprint density at radius 2 is 2.29 bits per heavy atom. The Labute approximate surface area is 104 Å². The Bertz CT molecular complexity index is 517. The van der Waals surface area contributed by atoms with Crippen molar-refractivity contribution in [3.8, 4) is 0 Å². The summed E-state index contributed by atoms with van der Waals surface area (Å²) in [6, 6.07) is 3.29. The second-order valence-electron chi connectivity index (χ2n) is 3.85. The zero-order chi connectivity index (χ0) is 12.4. The van der Waals surface area contributed by atoms with Gasteiger partial charge in [0.25, 0.3) is 5.91 Å². The van der Waals surface area contributed by atoms with Gasteiger partial charge < -0.3 is 9.73 Å². The standard InChI is InChI=1S/C12H14N2O2S/c1-7-11(17-9(3)13-7)8(2)14-12(15)10-5-4-6-16-10/h4-6,8H,1-3H3,(H,14,15). The average Bonchev–Trinajstić information content (AvgIpc) is 2.87. The summed E-state index contributed by atoms with van der Waals surface area (Å²) in [5.74, 6) is 0.128. The number of amides is 1. The predicted molar refractivity (Wildman–Crippen MR) is 66.2 cm³/mol. The van der Waals surface area contributed by atoms with E-state index in [9.17, 15) is 4.79 Å². The molecule has 0 aliphatic heterocycles. The van der Waals surface area contributed by atoms with Gasteiger partial charge in [0.2, 0.25) is 0 Å². The third-order valence-electron chi connectivity index (χ3n) is 2.43. The first-order chi connectivity index (χ1) is 8.08. The summed E-state index contributed by atoms with van der Waals surface area (Å²) in [4.78, 5) is 17.2. The fourth-order valence-corrected chi connectivity index (χ4v) is 2.62. The molecule has 90 valence electrons. The zero-order valence-corrected chi connectivity index (χ0v) is 10.8. The Morgan fingerprint density at radius 3 is 2.82 bits per heavy atom. The number of aromatic nitrogens is 1. The average molecular weight is 250 g/mol. The minimum absolute atomic E-state index is 0.0567. The molecule has 2 heterocycles. The number of furan rings is 1. The lowest BCUT2D eigenvalue weighted by Gasteiger charge is -2.11. The van der Waals surface area contributed by atoms with Crippen molar-refractivity contribution in [2.75, 3.05) is 0 Å². The van der Waals surface area contributed by atoms with Crippen molar-refractivity contribution in [3.63, 3.8) is 0 Å². The van der Waals surface area contributed by atoms with E-state index >= 15 is 0 Å². The monoisotopic (exact) mass is 250 g/mol. The highest BCUT2D eigenvalue weighted by Crippen LogP contribution is 2.24. The number of hydrogen-bond donors (Lipinski definition) is 1. The van der Waals surface area contributed by atoms with Gasteiger partial charge in [0.15, 0.2) is 5.76 Å². The normalized spacial score (nSPS) is 12.4. The molecule has 5 heteroatoms. The van der Waals surface area contributed by atoms with Crippen molar-refractivity contribution in [2.45, 2.75) is 26.8 Å². The van der Waals surface area contributed by atoms with Crippen LogP contribution in [0.2, 0.25) is 0 Å². The van der Waals surface area contributed by atoms with Crippen molar-refractivity contribution in [2.24, 2.45) is 0 Å². The molecule has 1 N–H and O–H groups in total. The number of aryl methyl sites for hydroxylation is 2. The van der Waals surface area contributed by atoms with Crippen molar-refractivity contribution >= 4 is 17.2 Å². The molecule has 2 aromatic heterocycles. The Balaban J connectivity index is 2.09. The van der Waals surface area contributed by atoms with Crippen LogP contribution >= 0.6 is 11.3 Å². The first kappa shape index (κ1) is 11.9. The number of hydrogen-bond acceptors (Lipinski definition) is 4. The number of thiazole rings is 1. The smallest absolute Gasteiger partial charge is 0.287 e. The van der Waals surface area contributed by atoms with Gasteiger partial charge in [0.1, 0.15) is 0 Å². The largest absolute Gasteiger partial charge is 0.459 e. The minimum Gasteiger partial charge on any atom is -0.459 e. The van der Waals surface area contributed by atoms with E-state index in [1.165, 1.54) is 6.26 Å². The summed E-state index contributed by atoms with van der Waals surface area (Å²) in [7, 11) is 0. The van der Waals surface area contributed by atoms with Crippen LogP contribution in [0.5, 0.6) is 0 Å². The van der Waals surface area contributed by atoms with E-state index in [0.29, 0.717) is 5.76 Å². The van der Waals surface area contributed by atoms with Gasteiger partial charge in [0, 0.05) is 4.88 Å². The fraction of sp³-hybridized carbons (Fsp3) is 0.333. The molecule has 2 aromatic rings. The van der Waals surface area contributed by atoms with Crippen LogP contribution in [0.25, 0.3) is 0 Å². The lowest BCUT2D eigenvalue weighted by Crippen LogP contribution is -2.26. The van der Waals surface area contributed by atoms with Gasteiger partial charge in [-0.2, -0.15) is 0 Å². The third-order valence-corrected chi connectivity index (χ3v) is 3.68. The Hall–Kier alpha value is -1.62. The first-order valence-corrected chi connectivity index (χ1v) is 6.18. The quantitative estimate of drug-likeness (QED) is 0.911. The first-order valence-electron chi connectivity index (χ1n) is 5.36. The van der Waals surface area contributed by atoms with Crippen molar-refractivity contribution in [3.05, 3.63) is 39.7 Å². The van der Waals surface area contributed by atoms with E-state index in [-0.39, 0.29) is 11.9 Å². The third kappa shape index (κ3) is 2.55.